The van der Waals surface area contributed by atoms with Gasteiger partial charge in [0.15, 0.2) is 0 Å². The molecule has 7 nitrogen and oxygen atoms in total. The molecule has 0 aliphatic carbocycles. The van der Waals surface area contributed by atoms with Crippen LogP contribution >= 0.6 is 11.6 Å². The zero-order valence-corrected chi connectivity index (χ0v) is 21.2. The zero-order chi connectivity index (χ0) is 26.6. The molecule has 8 heteroatoms. The molecule has 0 atom stereocenters. The Bertz CT molecular complexity index is 1570. The summed E-state index contributed by atoms with van der Waals surface area (Å²) in [5, 5.41) is 4.76. The van der Waals surface area contributed by atoms with E-state index in [4.69, 9.17) is 21.1 Å². The molecule has 1 aliphatic rings. The number of nitrogens with zero attached hydrogens (tertiary/aromatic N) is 1. The number of amides is 4. The van der Waals surface area contributed by atoms with E-state index in [2.05, 4.69) is 5.32 Å². The summed E-state index contributed by atoms with van der Waals surface area (Å²) in [6.07, 6.45) is 1.39. The number of rotatable bonds is 7. The molecule has 4 amide bonds. The van der Waals surface area contributed by atoms with Crippen molar-refractivity contribution in [2.75, 3.05) is 11.5 Å². The third-order valence-electron chi connectivity index (χ3n) is 6.04. The van der Waals surface area contributed by atoms with Gasteiger partial charge in [0, 0.05) is 0 Å². The number of imide groups is 2. The van der Waals surface area contributed by atoms with Crippen LogP contribution in [0.5, 0.6) is 11.5 Å². The molecule has 0 saturated carbocycles. The first-order valence-electron chi connectivity index (χ1n) is 12.0. The maximum atomic E-state index is 13.2. The minimum absolute atomic E-state index is 0.195. The Morgan fingerprint density at radius 2 is 1.66 bits per heavy atom. The van der Waals surface area contributed by atoms with Gasteiger partial charge in [0.1, 0.15) is 23.7 Å². The van der Waals surface area contributed by atoms with Gasteiger partial charge in [-0.2, -0.15) is 0 Å². The summed E-state index contributed by atoms with van der Waals surface area (Å²) in [6, 6.07) is 24.7. The molecule has 0 bridgehead atoms. The lowest BCUT2D eigenvalue weighted by atomic mass is 10.1. The highest BCUT2D eigenvalue weighted by Gasteiger charge is 2.36. The zero-order valence-electron chi connectivity index (χ0n) is 20.4. The predicted octanol–water partition coefficient (Wildman–Crippen LogP) is 6.14. The summed E-state index contributed by atoms with van der Waals surface area (Å²) in [5.74, 6) is -0.456. The van der Waals surface area contributed by atoms with Gasteiger partial charge in [-0.1, -0.05) is 60.1 Å². The van der Waals surface area contributed by atoms with Crippen molar-refractivity contribution in [3.05, 3.63) is 107 Å². The fraction of sp³-hybridized carbons (Fsp3) is 0.100. The van der Waals surface area contributed by atoms with Crippen molar-refractivity contribution in [3.63, 3.8) is 0 Å². The average Bonchev–Trinajstić information content (AvgIpc) is 2.91. The number of fused-ring (bicyclic) bond motifs is 1. The number of carbonyl (C=O) groups excluding carboxylic acids is 3. The molecule has 1 fully saturated rings. The highest BCUT2D eigenvalue weighted by Crippen LogP contribution is 2.30. The maximum Gasteiger partial charge on any atom is 0.335 e. The third-order valence-corrected chi connectivity index (χ3v) is 6.33. The van der Waals surface area contributed by atoms with Crippen LogP contribution in [-0.4, -0.2) is 24.5 Å². The third kappa shape index (κ3) is 5.10. The fourth-order valence-electron chi connectivity index (χ4n) is 4.21. The second-order valence-corrected chi connectivity index (χ2v) is 8.91. The smallest absolute Gasteiger partial charge is 0.335 e. The van der Waals surface area contributed by atoms with Crippen molar-refractivity contribution < 1.29 is 23.9 Å². The number of carbonyl (C=O) groups is 3. The molecular formula is C30H23ClN2O5. The van der Waals surface area contributed by atoms with Crippen LogP contribution in [0.4, 0.5) is 10.5 Å². The van der Waals surface area contributed by atoms with E-state index in [1.807, 2.05) is 49.4 Å². The predicted molar refractivity (Wildman–Crippen MR) is 146 cm³/mol. The molecule has 4 aromatic rings. The molecule has 4 aromatic carbocycles. The van der Waals surface area contributed by atoms with Gasteiger partial charge in [-0.15, -0.1) is 0 Å². The largest absolute Gasteiger partial charge is 0.494 e. The lowest BCUT2D eigenvalue weighted by Gasteiger charge is -2.26. The summed E-state index contributed by atoms with van der Waals surface area (Å²) in [4.78, 5) is 39.1. The normalized spacial score (nSPS) is 14.6. The fourth-order valence-corrected chi connectivity index (χ4v) is 4.46. The van der Waals surface area contributed by atoms with Crippen LogP contribution in [0.3, 0.4) is 0 Å². The second kappa shape index (κ2) is 10.8. The number of hydrogen-bond acceptors (Lipinski definition) is 5. The number of nitrogens with one attached hydrogen (secondary N) is 1. The molecule has 190 valence electrons. The van der Waals surface area contributed by atoms with Crippen molar-refractivity contribution in [3.8, 4) is 11.5 Å². The minimum Gasteiger partial charge on any atom is -0.494 e. The van der Waals surface area contributed by atoms with E-state index in [0.29, 0.717) is 41.0 Å². The van der Waals surface area contributed by atoms with Gasteiger partial charge in [-0.25, -0.2) is 9.69 Å². The summed E-state index contributed by atoms with van der Waals surface area (Å²) < 4.78 is 11.4. The summed E-state index contributed by atoms with van der Waals surface area (Å²) >= 11 is 6.48. The number of hydrogen-bond donors (Lipinski definition) is 1. The topological polar surface area (TPSA) is 84.9 Å². The number of barbiturate groups is 1. The van der Waals surface area contributed by atoms with Crippen molar-refractivity contribution >= 4 is 52.0 Å². The Hall–Kier alpha value is -4.62. The van der Waals surface area contributed by atoms with E-state index in [1.165, 1.54) is 6.08 Å². The Balaban J connectivity index is 1.35. The highest BCUT2D eigenvalue weighted by molar-refractivity contribution is 6.39. The molecule has 0 unspecified atom stereocenters. The monoisotopic (exact) mass is 526 g/mol. The molecule has 1 N–H and O–H groups in total. The van der Waals surface area contributed by atoms with Crippen molar-refractivity contribution in [1.82, 2.24) is 5.32 Å². The van der Waals surface area contributed by atoms with Crippen molar-refractivity contribution in [1.29, 1.82) is 0 Å². The van der Waals surface area contributed by atoms with Gasteiger partial charge >= 0.3 is 6.03 Å². The Morgan fingerprint density at radius 1 is 0.895 bits per heavy atom. The maximum absolute atomic E-state index is 13.2. The standard InChI is InChI=1S/C30H23ClN2O5/c1-2-37-23-13-11-22(12-14-23)33-29(35)25(28(34)32-30(33)36)16-19-10-15-27(26(31)17-19)38-18-21-8-5-7-20-6-3-4-9-24(20)21/h3-17H,2,18H2,1H3,(H,32,34,36)/b25-16+. The van der Waals surface area contributed by atoms with Crippen LogP contribution in [0.1, 0.15) is 18.1 Å². The van der Waals surface area contributed by atoms with E-state index in [0.717, 1.165) is 21.2 Å². The van der Waals surface area contributed by atoms with E-state index < -0.39 is 17.8 Å². The number of urea groups is 1. The van der Waals surface area contributed by atoms with Gasteiger partial charge in [0.25, 0.3) is 11.8 Å². The Labute approximate surface area is 224 Å². The van der Waals surface area contributed by atoms with Crippen LogP contribution in [-0.2, 0) is 16.2 Å². The lowest BCUT2D eigenvalue weighted by molar-refractivity contribution is -0.122. The first kappa shape index (κ1) is 25.0. The first-order valence-corrected chi connectivity index (χ1v) is 12.4. The molecular weight excluding hydrogens is 504 g/mol. The number of anilines is 1. The van der Waals surface area contributed by atoms with E-state index in [-0.39, 0.29) is 5.57 Å². The lowest BCUT2D eigenvalue weighted by Crippen LogP contribution is -2.54. The molecule has 1 heterocycles. The number of ether oxygens (including phenoxy) is 2. The minimum atomic E-state index is -0.823. The molecule has 0 radical (unpaired) electrons. The quantitative estimate of drug-likeness (QED) is 0.231. The van der Waals surface area contributed by atoms with Gasteiger partial charge in [-0.05, 0) is 71.3 Å². The van der Waals surface area contributed by atoms with Gasteiger partial charge in [0.2, 0.25) is 0 Å². The van der Waals surface area contributed by atoms with Crippen molar-refractivity contribution in [2.24, 2.45) is 0 Å². The van der Waals surface area contributed by atoms with E-state index >= 15 is 0 Å². The van der Waals surface area contributed by atoms with Gasteiger partial charge in [-0.3, -0.25) is 14.9 Å². The molecule has 0 spiro atoms. The van der Waals surface area contributed by atoms with E-state index in [9.17, 15) is 14.4 Å². The van der Waals surface area contributed by atoms with Crippen molar-refractivity contribution in [2.45, 2.75) is 13.5 Å². The second-order valence-electron chi connectivity index (χ2n) is 8.50. The number of benzene rings is 4. The molecule has 1 saturated heterocycles. The van der Waals surface area contributed by atoms with Crippen LogP contribution in [0.25, 0.3) is 16.8 Å². The molecule has 0 aromatic heterocycles. The SMILES string of the molecule is CCOc1ccc(N2C(=O)NC(=O)/C(=C\c3ccc(OCc4cccc5ccccc45)c(Cl)c3)C2=O)cc1. The molecule has 38 heavy (non-hydrogen) atoms. The highest BCUT2D eigenvalue weighted by atomic mass is 35.5. The Kier molecular flexibility index (Phi) is 7.11. The summed E-state index contributed by atoms with van der Waals surface area (Å²) in [7, 11) is 0. The first-order chi connectivity index (χ1) is 18.4. The van der Waals surface area contributed by atoms with Gasteiger partial charge in [0.05, 0.1) is 17.3 Å². The van der Waals surface area contributed by atoms with Crippen LogP contribution in [0.2, 0.25) is 5.02 Å². The average molecular weight is 527 g/mol. The Morgan fingerprint density at radius 3 is 2.42 bits per heavy atom. The summed E-state index contributed by atoms with van der Waals surface area (Å²) in [6.45, 7) is 2.66. The van der Waals surface area contributed by atoms with E-state index in [1.54, 1.807) is 42.5 Å². The number of halogens is 1. The summed E-state index contributed by atoms with van der Waals surface area (Å²) in [5.41, 5.74) is 1.64. The van der Waals surface area contributed by atoms with Crippen LogP contribution in [0, 0.1) is 0 Å². The molecule has 1 aliphatic heterocycles. The van der Waals surface area contributed by atoms with Crippen LogP contribution in [0.15, 0.2) is 90.5 Å². The van der Waals surface area contributed by atoms with Gasteiger partial charge < -0.3 is 9.47 Å². The van der Waals surface area contributed by atoms with Crippen LogP contribution < -0.4 is 19.7 Å². The molecule has 5 rings (SSSR count).